The van der Waals surface area contributed by atoms with E-state index in [4.69, 9.17) is 4.74 Å². The summed E-state index contributed by atoms with van der Waals surface area (Å²) in [6.07, 6.45) is 0.250. The lowest BCUT2D eigenvalue weighted by atomic mass is 9.80. The van der Waals surface area contributed by atoms with Crippen LogP contribution in [0, 0.1) is 11.8 Å². The Kier molecular flexibility index (Phi) is 11.8. The van der Waals surface area contributed by atoms with E-state index >= 15 is 0 Å². The number of esters is 1. The molecule has 0 saturated carbocycles. The van der Waals surface area contributed by atoms with Crippen molar-refractivity contribution in [3.63, 3.8) is 0 Å². The fourth-order valence-electron chi connectivity index (χ4n) is 3.87. The van der Waals surface area contributed by atoms with Gasteiger partial charge in [-0.25, -0.2) is 4.79 Å². The standard InChI is InChI=1S/C27H38BN3O6/c1-17(2)23(29-16-20-11-13-21(14-12-20)28(35)36)26(33)30-22(15-19-9-7-6-8-10-19)25(32)31-24(18(3)4)27(34)37-5/h6-14,17-18,22-24,29,35-36H,15-16H2,1-5H3,(H,30,33)(H,31,32)/t22-,23-,24-/m0/s1. The lowest BCUT2D eigenvalue weighted by Gasteiger charge is -2.27. The summed E-state index contributed by atoms with van der Waals surface area (Å²) in [5, 5.41) is 27.4. The third kappa shape index (κ3) is 9.31. The molecule has 0 aromatic heterocycles. The average molecular weight is 511 g/mol. The van der Waals surface area contributed by atoms with Crippen LogP contribution in [0.3, 0.4) is 0 Å². The summed E-state index contributed by atoms with van der Waals surface area (Å²) in [5.41, 5.74) is 2.10. The van der Waals surface area contributed by atoms with E-state index in [9.17, 15) is 24.4 Å². The van der Waals surface area contributed by atoms with Gasteiger partial charge in [0.1, 0.15) is 12.1 Å². The minimum absolute atomic E-state index is 0.0857. The number of methoxy groups -OCH3 is 1. The fourth-order valence-corrected chi connectivity index (χ4v) is 3.87. The summed E-state index contributed by atoms with van der Waals surface area (Å²) >= 11 is 0. The van der Waals surface area contributed by atoms with E-state index in [-0.39, 0.29) is 24.2 Å². The van der Waals surface area contributed by atoms with Gasteiger partial charge in [-0.05, 0) is 28.4 Å². The molecule has 0 unspecified atom stereocenters. The lowest BCUT2D eigenvalue weighted by Crippen LogP contribution is -2.57. The van der Waals surface area contributed by atoms with Crippen LogP contribution in [0.4, 0.5) is 0 Å². The Morgan fingerprint density at radius 3 is 1.92 bits per heavy atom. The first-order valence-electron chi connectivity index (χ1n) is 12.4. The molecule has 37 heavy (non-hydrogen) atoms. The lowest BCUT2D eigenvalue weighted by molar-refractivity contribution is -0.146. The van der Waals surface area contributed by atoms with Gasteiger partial charge in [0, 0.05) is 13.0 Å². The first kappa shape index (κ1) is 30.0. The Morgan fingerprint density at radius 1 is 0.811 bits per heavy atom. The number of ether oxygens (including phenoxy) is 1. The molecule has 0 aliphatic rings. The van der Waals surface area contributed by atoms with Gasteiger partial charge in [-0.1, -0.05) is 82.3 Å². The highest BCUT2D eigenvalue weighted by atomic mass is 16.5. The first-order valence-corrected chi connectivity index (χ1v) is 12.4. The summed E-state index contributed by atoms with van der Waals surface area (Å²) in [6.45, 7) is 7.78. The van der Waals surface area contributed by atoms with Gasteiger partial charge in [0.05, 0.1) is 13.2 Å². The second-order valence-electron chi connectivity index (χ2n) is 9.72. The second-order valence-corrected chi connectivity index (χ2v) is 9.72. The molecular weight excluding hydrogens is 473 g/mol. The molecule has 0 spiro atoms. The van der Waals surface area contributed by atoms with Gasteiger partial charge in [-0.2, -0.15) is 0 Å². The van der Waals surface area contributed by atoms with Crippen LogP contribution in [0.1, 0.15) is 38.8 Å². The monoisotopic (exact) mass is 511 g/mol. The van der Waals surface area contributed by atoms with Crippen LogP contribution < -0.4 is 21.4 Å². The van der Waals surface area contributed by atoms with E-state index in [2.05, 4.69) is 16.0 Å². The van der Waals surface area contributed by atoms with Gasteiger partial charge < -0.3 is 30.7 Å². The number of hydrogen-bond donors (Lipinski definition) is 5. The van der Waals surface area contributed by atoms with Gasteiger partial charge in [0.15, 0.2) is 0 Å². The summed E-state index contributed by atoms with van der Waals surface area (Å²) < 4.78 is 4.84. The smallest absolute Gasteiger partial charge is 0.467 e. The highest BCUT2D eigenvalue weighted by Crippen LogP contribution is 2.10. The van der Waals surface area contributed by atoms with E-state index < -0.39 is 37.1 Å². The van der Waals surface area contributed by atoms with Crippen molar-refractivity contribution in [3.05, 3.63) is 65.7 Å². The molecule has 200 valence electrons. The van der Waals surface area contributed by atoms with Gasteiger partial charge in [0.25, 0.3) is 0 Å². The molecule has 5 N–H and O–H groups in total. The summed E-state index contributed by atoms with van der Waals surface area (Å²) in [4.78, 5) is 38.8. The predicted octanol–water partition coefficient (Wildman–Crippen LogP) is 0.522. The SMILES string of the molecule is COC(=O)[C@@H](NC(=O)[C@H](Cc1ccccc1)NC(=O)[C@@H](NCc1ccc(B(O)O)cc1)C(C)C)C(C)C. The van der Waals surface area contributed by atoms with Crippen molar-refractivity contribution in [1.82, 2.24) is 16.0 Å². The maximum Gasteiger partial charge on any atom is 0.488 e. The number of amides is 2. The van der Waals surface area contributed by atoms with E-state index in [1.807, 2.05) is 44.2 Å². The fraction of sp³-hybridized carbons (Fsp3) is 0.444. The average Bonchev–Trinajstić information content (AvgIpc) is 2.86. The van der Waals surface area contributed by atoms with Crippen molar-refractivity contribution >= 4 is 30.4 Å². The van der Waals surface area contributed by atoms with Crippen LogP contribution in [0.15, 0.2) is 54.6 Å². The molecule has 2 aromatic rings. The van der Waals surface area contributed by atoms with Crippen LogP contribution in [-0.4, -0.2) is 60.2 Å². The van der Waals surface area contributed by atoms with Gasteiger partial charge >= 0.3 is 13.1 Å². The zero-order valence-corrected chi connectivity index (χ0v) is 22.1. The molecule has 3 atom stereocenters. The summed E-state index contributed by atoms with van der Waals surface area (Å²) in [6, 6.07) is 13.7. The van der Waals surface area contributed by atoms with Gasteiger partial charge in [-0.15, -0.1) is 0 Å². The minimum atomic E-state index is -1.54. The number of benzene rings is 2. The van der Waals surface area contributed by atoms with Crippen LogP contribution in [-0.2, 0) is 32.1 Å². The second kappa shape index (κ2) is 14.5. The van der Waals surface area contributed by atoms with E-state index in [1.54, 1.807) is 38.1 Å². The van der Waals surface area contributed by atoms with Crippen LogP contribution in [0.2, 0.25) is 0 Å². The van der Waals surface area contributed by atoms with Crippen molar-refractivity contribution in [2.24, 2.45) is 11.8 Å². The summed E-state index contributed by atoms with van der Waals surface area (Å²) in [7, 11) is -0.274. The van der Waals surface area contributed by atoms with Crippen LogP contribution in [0.25, 0.3) is 0 Å². The molecule has 0 bridgehead atoms. The molecule has 2 rings (SSSR count). The zero-order chi connectivity index (χ0) is 27.5. The quantitative estimate of drug-likeness (QED) is 0.195. The third-order valence-electron chi connectivity index (χ3n) is 6.09. The van der Waals surface area contributed by atoms with E-state index in [1.165, 1.54) is 7.11 Å². The largest absolute Gasteiger partial charge is 0.488 e. The molecule has 0 saturated heterocycles. The van der Waals surface area contributed by atoms with Crippen LogP contribution in [0.5, 0.6) is 0 Å². The Morgan fingerprint density at radius 2 is 1.41 bits per heavy atom. The van der Waals surface area contributed by atoms with E-state index in [0.717, 1.165) is 11.1 Å². The topological polar surface area (TPSA) is 137 Å². The Balaban J connectivity index is 2.18. The van der Waals surface area contributed by atoms with Gasteiger partial charge in [0.2, 0.25) is 11.8 Å². The van der Waals surface area contributed by atoms with E-state index in [0.29, 0.717) is 12.0 Å². The van der Waals surface area contributed by atoms with Crippen LogP contribution >= 0.6 is 0 Å². The number of nitrogens with one attached hydrogen (secondary N) is 3. The molecule has 0 fully saturated rings. The minimum Gasteiger partial charge on any atom is -0.467 e. The van der Waals surface area contributed by atoms with Crippen molar-refractivity contribution in [1.29, 1.82) is 0 Å². The zero-order valence-electron chi connectivity index (χ0n) is 22.1. The molecule has 2 aromatic carbocycles. The number of rotatable bonds is 13. The molecule has 10 heteroatoms. The van der Waals surface area contributed by atoms with Crippen molar-refractivity contribution in [2.45, 2.75) is 58.8 Å². The van der Waals surface area contributed by atoms with Crippen molar-refractivity contribution in [3.8, 4) is 0 Å². The molecule has 9 nitrogen and oxygen atoms in total. The van der Waals surface area contributed by atoms with Crippen molar-refractivity contribution < 1.29 is 29.2 Å². The molecule has 0 radical (unpaired) electrons. The maximum atomic E-state index is 13.4. The highest BCUT2D eigenvalue weighted by Gasteiger charge is 2.31. The third-order valence-corrected chi connectivity index (χ3v) is 6.09. The highest BCUT2D eigenvalue weighted by molar-refractivity contribution is 6.58. The van der Waals surface area contributed by atoms with Crippen molar-refractivity contribution in [2.75, 3.05) is 7.11 Å². The molecule has 0 heterocycles. The number of hydrogen-bond acceptors (Lipinski definition) is 7. The van der Waals surface area contributed by atoms with Gasteiger partial charge in [-0.3, -0.25) is 9.59 Å². The first-order chi connectivity index (χ1) is 17.5. The maximum absolute atomic E-state index is 13.4. The number of carbonyl (C=O) groups excluding carboxylic acids is 3. The summed E-state index contributed by atoms with van der Waals surface area (Å²) in [5.74, 6) is -1.64. The Bertz CT molecular complexity index is 1010. The predicted molar refractivity (Wildman–Crippen MR) is 143 cm³/mol. The number of carbonyl (C=O) groups is 3. The molecule has 0 aliphatic heterocycles. The molecule has 2 amide bonds. The Labute approximate surface area is 219 Å². The molecular formula is C27H38BN3O6. The molecule has 0 aliphatic carbocycles. The Hall–Kier alpha value is -3.21. The normalized spacial score (nSPS) is 13.5.